The largest absolute Gasteiger partial charge is 0.497 e. The Kier molecular flexibility index (Phi) is 3.41. The lowest BCUT2D eigenvalue weighted by Gasteiger charge is -2.11. The second-order valence-electron chi connectivity index (χ2n) is 5.25. The van der Waals surface area contributed by atoms with Gasteiger partial charge in [0.2, 0.25) is 0 Å². The molecule has 0 bridgehead atoms. The molecule has 2 aromatic rings. The summed E-state index contributed by atoms with van der Waals surface area (Å²) in [5, 5.41) is 0.992. The van der Waals surface area contributed by atoms with E-state index in [1.165, 1.54) is 12.8 Å². The first-order valence-corrected chi connectivity index (χ1v) is 7.60. The Hall–Kier alpha value is -1.20. The van der Waals surface area contributed by atoms with E-state index in [0.29, 0.717) is 5.41 Å². The van der Waals surface area contributed by atoms with E-state index in [0.717, 1.165) is 40.7 Å². The number of nitrogens with two attached hydrogens (primary N) is 1. The number of H-pyrrole nitrogens is 1. The number of nitrogens with zero attached hydrogens (tertiary/aromatic N) is 1. The Morgan fingerprint density at radius 1 is 1.47 bits per heavy atom. The first-order chi connectivity index (χ1) is 9.24. The molecule has 1 aliphatic carbocycles. The van der Waals surface area contributed by atoms with Crippen LogP contribution < -0.4 is 10.5 Å². The molecule has 1 aromatic carbocycles. The lowest BCUT2D eigenvalue weighted by Crippen LogP contribution is -2.11. The van der Waals surface area contributed by atoms with Crippen LogP contribution in [0.2, 0.25) is 0 Å². The normalized spacial score (nSPS) is 16.7. The Morgan fingerprint density at radius 2 is 2.32 bits per heavy atom. The van der Waals surface area contributed by atoms with Gasteiger partial charge in [0, 0.05) is 11.8 Å². The highest BCUT2D eigenvalue weighted by Gasteiger charge is 2.41. The van der Waals surface area contributed by atoms with Crippen molar-refractivity contribution in [2.24, 2.45) is 11.1 Å². The van der Waals surface area contributed by atoms with Gasteiger partial charge in [0.05, 0.1) is 18.1 Å². The van der Waals surface area contributed by atoms with E-state index in [2.05, 4.69) is 9.97 Å². The Bertz CT molecular complexity index is 577. The van der Waals surface area contributed by atoms with Crippen LogP contribution in [-0.4, -0.2) is 29.4 Å². The van der Waals surface area contributed by atoms with Gasteiger partial charge in [-0.05, 0) is 43.4 Å². The molecule has 0 saturated heterocycles. The second-order valence-corrected chi connectivity index (χ2v) is 6.22. The lowest BCUT2D eigenvalue weighted by atomic mass is 10.1. The Balaban J connectivity index is 1.71. The topological polar surface area (TPSA) is 63.9 Å². The fraction of sp³-hybridized carbons (Fsp3) is 0.500. The summed E-state index contributed by atoms with van der Waals surface area (Å²) in [6, 6.07) is 5.91. The monoisotopic (exact) mass is 277 g/mol. The number of methoxy groups -OCH3 is 1. The number of benzene rings is 1. The predicted molar refractivity (Wildman–Crippen MR) is 78.7 cm³/mol. The van der Waals surface area contributed by atoms with Crippen molar-refractivity contribution in [1.29, 1.82) is 0 Å². The number of ether oxygens (including phenoxy) is 1. The van der Waals surface area contributed by atoms with Crippen LogP contribution in [0.15, 0.2) is 23.4 Å². The van der Waals surface area contributed by atoms with Gasteiger partial charge in [-0.3, -0.25) is 0 Å². The number of hydrogen-bond acceptors (Lipinski definition) is 4. The maximum atomic E-state index is 5.67. The second kappa shape index (κ2) is 5.06. The van der Waals surface area contributed by atoms with Crippen LogP contribution in [0.25, 0.3) is 11.0 Å². The summed E-state index contributed by atoms with van der Waals surface area (Å²) in [4.78, 5) is 7.95. The van der Waals surface area contributed by atoms with Crippen LogP contribution in [0.1, 0.15) is 19.3 Å². The molecule has 19 heavy (non-hydrogen) atoms. The third kappa shape index (κ3) is 2.72. The summed E-state index contributed by atoms with van der Waals surface area (Å²) in [5.41, 5.74) is 8.18. The molecule has 1 aromatic heterocycles. The van der Waals surface area contributed by atoms with Crippen molar-refractivity contribution in [3.63, 3.8) is 0 Å². The summed E-state index contributed by atoms with van der Waals surface area (Å²) in [6.07, 6.45) is 3.75. The first-order valence-electron chi connectivity index (χ1n) is 6.61. The molecule has 0 spiro atoms. The Labute approximate surface area is 117 Å². The van der Waals surface area contributed by atoms with Crippen molar-refractivity contribution in [1.82, 2.24) is 9.97 Å². The van der Waals surface area contributed by atoms with Crippen LogP contribution in [0.3, 0.4) is 0 Å². The van der Waals surface area contributed by atoms with Gasteiger partial charge in [-0.1, -0.05) is 11.8 Å². The van der Waals surface area contributed by atoms with Gasteiger partial charge in [-0.25, -0.2) is 4.98 Å². The molecule has 1 saturated carbocycles. The number of hydrogen-bond donors (Lipinski definition) is 2. The summed E-state index contributed by atoms with van der Waals surface area (Å²) in [5.74, 6) is 1.97. The van der Waals surface area contributed by atoms with Gasteiger partial charge >= 0.3 is 0 Å². The number of nitrogens with one attached hydrogen (secondary N) is 1. The van der Waals surface area contributed by atoms with Crippen LogP contribution in [0, 0.1) is 5.41 Å². The highest BCUT2D eigenvalue weighted by molar-refractivity contribution is 7.99. The number of thioether (sulfide) groups is 1. The Morgan fingerprint density at radius 3 is 3.00 bits per heavy atom. The van der Waals surface area contributed by atoms with Crippen molar-refractivity contribution in [3.05, 3.63) is 18.2 Å². The van der Waals surface area contributed by atoms with Gasteiger partial charge in [0.25, 0.3) is 0 Å². The van der Waals surface area contributed by atoms with Crippen molar-refractivity contribution < 1.29 is 4.74 Å². The molecule has 0 unspecified atom stereocenters. The van der Waals surface area contributed by atoms with E-state index in [1.807, 2.05) is 18.2 Å². The van der Waals surface area contributed by atoms with Gasteiger partial charge in [0.15, 0.2) is 5.16 Å². The summed E-state index contributed by atoms with van der Waals surface area (Å²) in [6.45, 7) is 0.790. The third-order valence-electron chi connectivity index (χ3n) is 3.81. The van der Waals surface area contributed by atoms with E-state index in [-0.39, 0.29) is 0 Å². The van der Waals surface area contributed by atoms with Crippen LogP contribution in [-0.2, 0) is 0 Å². The molecular formula is C14H19N3OS. The average molecular weight is 277 g/mol. The molecule has 1 aliphatic rings. The predicted octanol–water partition coefficient (Wildman–Crippen LogP) is 2.79. The molecule has 1 fully saturated rings. The standard InChI is InChI=1S/C14H19N3OS/c1-18-10-2-3-11-12(8-10)17-13(16-11)19-9-14(4-5-14)6-7-15/h2-3,8H,4-7,9,15H2,1H3,(H,16,17). The van der Waals surface area contributed by atoms with Crippen LogP contribution >= 0.6 is 11.8 Å². The minimum Gasteiger partial charge on any atom is -0.497 e. The SMILES string of the molecule is COc1ccc2nc(SCC3(CCN)CC3)[nH]c2c1. The van der Waals surface area contributed by atoms with Gasteiger partial charge < -0.3 is 15.5 Å². The third-order valence-corrected chi connectivity index (χ3v) is 5.04. The minimum absolute atomic E-state index is 0.482. The molecule has 102 valence electrons. The smallest absolute Gasteiger partial charge is 0.166 e. The quantitative estimate of drug-likeness (QED) is 0.797. The average Bonchev–Trinajstić information content (AvgIpc) is 3.06. The molecule has 0 atom stereocenters. The summed E-state index contributed by atoms with van der Waals surface area (Å²) in [7, 11) is 1.68. The number of imidazole rings is 1. The maximum absolute atomic E-state index is 5.67. The fourth-order valence-electron chi connectivity index (χ4n) is 2.33. The van der Waals surface area contributed by atoms with E-state index >= 15 is 0 Å². The summed E-state index contributed by atoms with van der Waals surface area (Å²) >= 11 is 1.81. The van der Waals surface area contributed by atoms with Gasteiger partial charge in [-0.2, -0.15) is 0 Å². The van der Waals surface area contributed by atoms with Crippen molar-refractivity contribution >= 4 is 22.8 Å². The van der Waals surface area contributed by atoms with Crippen molar-refractivity contribution in [2.45, 2.75) is 24.4 Å². The highest BCUT2D eigenvalue weighted by atomic mass is 32.2. The maximum Gasteiger partial charge on any atom is 0.166 e. The minimum atomic E-state index is 0.482. The van der Waals surface area contributed by atoms with Crippen LogP contribution in [0.4, 0.5) is 0 Å². The zero-order valence-electron chi connectivity index (χ0n) is 11.1. The van der Waals surface area contributed by atoms with E-state index in [4.69, 9.17) is 10.5 Å². The first kappa shape index (κ1) is 12.8. The number of rotatable bonds is 6. The summed E-state index contributed by atoms with van der Waals surface area (Å²) < 4.78 is 5.22. The van der Waals surface area contributed by atoms with Crippen molar-refractivity contribution in [3.8, 4) is 5.75 Å². The molecule has 3 N–H and O–H groups in total. The lowest BCUT2D eigenvalue weighted by molar-refractivity contribution is 0.415. The number of aromatic amines is 1. The molecule has 1 heterocycles. The van der Waals surface area contributed by atoms with Crippen molar-refractivity contribution in [2.75, 3.05) is 19.4 Å². The van der Waals surface area contributed by atoms with E-state index in [9.17, 15) is 0 Å². The van der Waals surface area contributed by atoms with Crippen LogP contribution in [0.5, 0.6) is 5.75 Å². The fourth-order valence-corrected chi connectivity index (χ4v) is 3.55. The number of fused-ring (bicyclic) bond motifs is 1. The number of aromatic nitrogens is 2. The molecule has 4 nitrogen and oxygen atoms in total. The molecule has 0 aliphatic heterocycles. The molecule has 5 heteroatoms. The zero-order chi connectivity index (χ0) is 13.3. The van der Waals surface area contributed by atoms with E-state index in [1.54, 1.807) is 18.9 Å². The van der Waals surface area contributed by atoms with Gasteiger partial charge in [0.1, 0.15) is 5.75 Å². The zero-order valence-corrected chi connectivity index (χ0v) is 11.9. The van der Waals surface area contributed by atoms with E-state index < -0.39 is 0 Å². The molecular weight excluding hydrogens is 258 g/mol. The molecule has 0 radical (unpaired) electrons. The van der Waals surface area contributed by atoms with Gasteiger partial charge in [-0.15, -0.1) is 0 Å². The molecule has 0 amide bonds. The molecule has 3 rings (SSSR count). The highest BCUT2D eigenvalue weighted by Crippen LogP contribution is 2.51.